The molecular weight excluding hydrogens is 369 g/mol. The number of fused-ring (bicyclic) bond motifs is 1. The molecule has 0 radical (unpaired) electrons. The fourth-order valence-corrected chi connectivity index (χ4v) is 4.01. The zero-order chi connectivity index (χ0) is 19.2. The molecule has 9 heteroatoms. The number of nitrogens with one attached hydrogen (secondary N) is 1. The van der Waals surface area contributed by atoms with Crippen LogP contribution in [0.25, 0.3) is 10.9 Å². The van der Waals surface area contributed by atoms with Gasteiger partial charge in [0.1, 0.15) is 10.7 Å². The van der Waals surface area contributed by atoms with Gasteiger partial charge in [-0.25, -0.2) is 26.3 Å². The van der Waals surface area contributed by atoms with E-state index in [9.17, 15) is 26.4 Å². The number of benzene rings is 1. The fraction of sp³-hybridized carbons (Fsp3) is 0.412. The Morgan fingerprint density at radius 3 is 2.46 bits per heavy atom. The Hall–Kier alpha value is -2.16. The predicted octanol–water partition coefficient (Wildman–Crippen LogP) is 3.39. The van der Waals surface area contributed by atoms with Crippen molar-refractivity contribution in [3.8, 4) is 0 Å². The Kier molecular flexibility index (Phi) is 4.46. The Morgan fingerprint density at radius 1 is 1.15 bits per heavy atom. The van der Waals surface area contributed by atoms with E-state index in [4.69, 9.17) is 0 Å². The number of amides is 1. The van der Waals surface area contributed by atoms with E-state index in [1.165, 1.54) is 25.1 Å². The number of aromatic nitrogens is 1. The molecule has 0 atom stereocenters. The molecule has 2 aromatic rings. The van der Waals surface area contributed by atoms with Crippen molar-refractivity contribution in [3.63, 3.8) is 0 Å². The number of nitrogens with zero attached hydrogens (tertiary/aromatic N) is 1. The number of alkyl halides is 2. The van der Waals surface area contributed by atoms with Gasteiger partial charge in [0.05, 0.1) is 5.52 Å². The van der Waals surface area contributed by atoms with Crippen LogP contribution in [0, 0.1) is 11.2 Å². The lowest BCUT2D eigenvalue weighted by Gasteiger charge is -2.35. The van der Waals surface area contributed by atoms with Crippen LogP contribution in [0.1, 0.15) is 32.6 Å². The maximum absolute atomic E-state index is 13.3. The fourth-order valence-electron chi connectivity index (χ4n) is 2.93. The minimum Gasteiger partial charge on any atom is -0.273 e. The van der Waals surface area contributed by atoms with Crippen molar-refractivity contribution in [1.29, 1.82) is 0 Å². The lowest BCUT2D eigenvalue weighted by Crippen LogP contribution is -2.45. The summed E-state index contributed by atoms with van der Waals surface area (Å²) in [5.74, 6) is -4.20. The number of sulfonamides is 1. The summed E-state index contributed by atoms with van der Waals surface area (Å²) in [5.41, 5.74) is -0.788. The maximum atomic E-state index is 13.3. The molecular formula is C17H17F3N2O3S. The molecule has 1 saturated carbocycles. The molecule has 1 aromatic heterocycles. The maximum Gasteiger partial charge on any atom is 0.265 e. The Labute approximate surface area is 148 Å². The number of carbonyl (C=O) groups excluding carboxylic acids is 1. The van der Waals surface area contributed by atoms with Crippen LogP contribution in [-0.4, -0.2) is 25.2 Å². The van der Waals surface area contributed by atoms with Gasteiger partial charge in [-0.2, -0.15) is 0 Å². The van der Waals surface area contributed by atoms with E-state index < -0.39 is 45.9 Å². The Balaban J connectivity index is 1.83. The summed E-state index contributed by atoms with van der Waals surface area (Å²) in [6, 6.07) is 4.94. The third-order valence-corrected chi connectivity index (χ3v) is 6.09. The summed E-state index contributed by atoms with van der Waals surface area (Å²) in [4.78, 5) is 16.1. The molecule has 1 amide bonds. The number of halogens is 3. The van der Waals surface area contributed by atoms with Crippen LogP contribution in [0.15, 0.2) is 35.4 Å². The highest BCUT2D eigenvalue weighted by Crippen LogP contribution is 2.43. The van der Waals surface area contributed by atoms with Gasteiger partial charge in [0.25, 0.3) is 10.0 Å². The zero-order valence-electron chi connectivity index (χ0n) is 13.9. The molecule has 0 aliphatic heterocycles. The van der Waals surface area contributed by atoms with Gasteiger partial charge in [-0.05, 0) is 37.1 Å². The largest absolute Gasteiger partial charge is 0.273 e. The second-order valence-electron chi connectivity index (χ2n) is 6.86. The van der Waals surface area contributed by atoms with E-state index in [0.29, 0.717) is 5.52 Å². The summed E-state index contributed by atoms with van der Waals surface area (Å²) >= 11 is 0. The smallest absolute Gasteiger partial charge is 0.265 e. The summed E-state index contributed by atoms with van der Waals surface area (Å²) in [5, 5.41) is 0.267. The molecule has 140 valence electrons. The summed E-state index contributed by atoms with van der Waals surface area (Å²) in [7, 11) is -4.25. The second kappa shape index (κ2) is 6.22. The number of hydrogen-bond donors (Lipinski definition) is 1. The van der Waals surface area contributed by atoms with Crippen molar-refractivity contribution in [3.05, 3.63) is 36.3 Å². The monoisotopic (exact) mass is 386 g/mol. The van der Waals surface area contributed by atoms with Crippen LogP contribution in [0.3, 0.4) is 0 Å². The average molecular weight is 386 g/mol. The van der Waals surface area contributed by atoms with Crippen molar-refractivity contribution in [2.45, 2.75) is 43.4 Å². The normalized spacial score (nSPS) is 19.2. The highest BCUT2D eigenvalue weighted by atomic mass is 32.2. The van der Waals surface area contributed by atoms with Gasteiger partial charge in [0, 0.05) is 29.8 Å². The van der Waals surface area contributed by atoms with Gasteiger partial charge in [0.15, 0.2) is 0 Å². The summed E-state index contributed by atoms with van der Waals surface area (Å²) in [6.07, 6.45) is -0.0835. The minimum absolute atomic E-state index is 0.109. The molecule has 1 aromatic carbocycles. The van der Waals surface area contributed by atoms with Gasteiger partial charge in [-0.3, -0.25) is 9.78 Å². The first-order valence-corrected chi connectivity index (χ1v) is 9.50. The molecule has 5 nitrogen and oxygen atoms in total. The zero-order valence-corrected chi connectivity index (χ0v) is 14.7. The van der Waals surface area contributed by atoms with Crippen LogP contribution >= 0.6 is 0 Å². The quantitative estimate of drug-likeness (QED) is 0.877. The lowest BCUT2D eigenvalue weighted by molar-refractivity contribution is -0.135. The topological polar surface area (TPSA) is 76.1 Å². The first-order chi connectivity index (χ1) is 12.0. The Morgan fingerprint density at radius 2 is 1.81 bits per heavy atom. The van der Waals surface area contributed by atoms with Crippen LogP contribution in [0.5, 0.6) is 0 Å². The van der Waals surface area contributed by atoms with E-state index in [0.717, 1.165) is 12.3 Å². The van der Waals surface area contributed by atoms with E-state index in [1.807, 2.05) is 4.72 Å². The average Bonchev–Trinajstić information content (AvgIpc) is 2.56. The predicted molar refractivity (Wildman–Crippen MR) is 88.6 cm³/mol. The summed E-state index contributed by atoms with van der Waals surface area (Å²) in [6.45, 7) is 1.47. The Bertz CT molecular complexity index is 966. The van der Waals surface area contributed by atoms with Gasteiger partial charge in [-0.15, -0.1) is 0 Å². The molecule has 1 aliphatic carbocycles. The van der Waals surface area contributed by atoms with Gasteiger partial charge in [0.2, 0.25) is 11.8 Å². The molecule has 0 unspecified atom stereocenters. The first kappa shape index (κ1) is 18.6. The molecule has 0 saturated heterocycles. The number of pyridine rings is 1. The minimum atomic E-state index is -4.25. The van der Waals surface area contributed by atoms with Crippen LogP contribution in [0.4, 0.5) is 13.2 Å². The molecule has 1 heterocycles. The van der Waals surface area contributed by atoms with Crippen LogP contribution in [0.2, 0.25) is 0 Å². The van der Waals surface area contributed by atoms with Crippen molar-refractivity contribution in [1.82, 2.24) is 9.71 Å². The molecule has 0 bridgehead atoms. The molecule has 1 fully saturated rings. The highest BCUT2D eigenvalue weighted by Gasteiger charge is 2.45. The summed E-state index contributed by atoms with van der Waals surface area (Å²) < 4.78 is 66.8. The SMILES string of the molecule is CC1(C(=O)NS(=O)(=O)c2cnc3ccc(F)cc3c2)CCC(F)(F)CC1. The lowest BCUT2D eigenvalue weighted by atomic mass is 9.74. The van der Waals surface area contributed by atoms with Gasteiger partial charge < -0.3 is 0 Å². The van der Waals surface area contributed by atoms with Crippen LogP contribution in [-0.2, 0) is 14.8 Å². The second-order valence-corrected chi connectivity index (χ2v) is 8.54. The molecule has 1 N–H and O–H groups in total. The third kappa shape index (κ3) is 3.67. The van der Waals surface area contributed by atoms with Crippen molar-refractivity contribution in [2.24, 2.45) is 5.41 Å². The third-order valence-electron chi connectivity index (χ3n) is 4.79. The van der Waals surface area contributed by atoms with E-state index in [2.05, 4.69) is 4.98 Å². The van der Waals surface area contributed by atoms with E-state index >= 15 is 0 Å². The van der Waals surface area contributed by atoms with E-state index in [1.54, 1.807) is 0 Å². The molecule has 3 rings (SSSR count). The van der Waals surface area contributed by atoms with Crippen molar-refractivity contribution < 1.29 is 26.4 Å². The molecule has 26 heavy (non-hydrogen) atoms. The van der Waals surface area contributed by atoms with Gasteiger partial charge in [-0.1, -0.05) is 6.92 Å². The van der Waals surface area contributed by atoms with Crippen molar-refractivity contribution >= 4 is 26.8 Å². The number of rotatable bonds is 3. The first-order valence-electron chi connectivity index (χ1n) is 8.01. The van der Waals surface area contributed by atoms with E-state index in [-0.39, 0.29) is 23.1 Å². The molecule has 0 spiro atoms. The van der Waals surface area contributed by atoms with Gasteiger partial charge >= 0.3 is 0 Å². The highest BCUT2D eigenvalue weighted by molar-refractivity contribution is 7.90. The van der Waals surface area contributed by atoms with Crippen LogP contribution < -0.4 is 4.72 Å². The molecule has 1 aliphatic rings. The number of carbonyl (C=O) groups is 1. The van der Waals surface area contributed by atoms with Crippen molar-refractivity contribution in [2.75, 3.05) is 0 Å². The standard InChI is InChI=1S/C17H17F3N2O3S/c1-16(4-6-17(19,20)7-5-16)15(23)22-26(24,25)13-9-11-8-12(18)2-3-14(11)21-10-13/h2-3,8-10H,4-7H2,1H3,(H,22,23). The number of hydrogen-bond acceptors (Lipinski definition) is 4.